The third-order valence-corrected chi connectivity index (χ3v) is 7.27. The number of hydrogen-bond donors (Lipinski definition) is 1. The molecule has 1 aliphatic rings. The summed E-state index contributed by atoms with van der Waals surface area (Å²) in [5, 5.41) is 3.24. The molecular formula is C21H21N7O3S. The molecule has 32 heavy (non-hydrogen) atoms. The second kappa shape index (κ2) is 7.16. The normalized spacial score (nSPS) is 14.6. The number of anilines is 3. The van der Waals surface area contributed by atoms with Crippen molar-refractivity contribution in [2.24, 2.45) is 7.05 Å². The molecule has 4 aromatic rings. The van der Waals surface area contributed by atoms with E-state index in [2.05, 4.69) is 20.3 Å². The second-order valence-electron chi connectivity index (χ2n) is 7.62. The lowest BCUT2D eigenvalue weighted by molar-refractivity contribution is 0.398. The van der Waals surface area contributed by atoms with Crippen LogP contribution in [-0.2, 0) is 22.8 Å². The highest BCUT2D eigenvalue weighted by atomic mass is 32.2. The molecule has 0 aliphatic carbocycles. The highest BCUT2D eigenvalue weighted by Gasteiger charge is 2.30. The number of fused-ring (bicyclic) bond motifs is 2. The molecule has 0 saturated heterocycles. The lowest BCUT2D eigenvalue weighted by Gasteiger charge is -2.14. The maximum atomic E-state index is 12.1. The smallest absolute Gasteiger partial charge is 0.242 e. The van der Waals surface area contributed by atoms with Gasteiger partial charge in [-0.1, -0.05) is 0 Å². The Bertz CT molecular complexity index is 1480. The number of ether oxygens (including phenoxy) is 1. The van der Waals surface area contributed by atoms with E-state index in [1.165, 1.54) is 11.4 Å². The summed E-state index contributed by atoms with van der Waals surface area (Å²) in [6.45, 7) is 1.84. The fraction of sp³-hybridized carbons (Fsp3) is 0.238. The number of sulfonamides is 1. The van der Waals surface area contributed by atoms with Crippen molar-refractivity contribution in [3.63, 3.8) is 0 Å². The zero-order valence-corrected chi connectivity index (χ0v) is 18.8. The van der Waals surface area contributed by atoms with Gasteiger partial charge in [-0.05, 0) is 30.7 Å². The van der Waals surface area contributed by atoms with E-state index < -0.39 is 10.0 Å². The van der Waals surface area contributed by atoms with Crippen LogP contribution in [-0.4, -0.2) is 47.1 Å². The molecule has 0 amide bonds. The maximum absolute atomic E-state index is 12.1. The van der Waals surface area contributed by atoms with Crippen molar-refractivity contribution in [1.29, 1.82) is 0 Å². The molecule has 0 spiro atoms. The van der Waals surface area contributed by atoms with E-state index in [4.69, 9.17) is 9.72 Å². The molecule has 1 aliphatic heterocycles. The van der Waals surface area contributed by atoms with Gasteiger partial charge in [-0.25, -0.2) is 18.4 Å². The molecule has 0 saturated carbocycles. The molecule has 4 heterocycles. The third kappa shape index (κ3) is 3.12. The van der Waals surface area contributed by atoms with Crippen LogP contribution in [0.5, 0.6) is 5.88 Å². The zero-order chi connectivity index (χ0) is 22.6. The van der Waals surface area contributed by atoms with Crippen LogP contribution in [0.1, 0.15) is 11.3 Å². The summed E-state index contributed by atoms with van der Waals surface area (Å²) < 4.78 is 33.0. The van der Waals surface area contributed by atoms with Gasteiger partial charge in [0.15, 0.2) is 5.82 Å². The molecule has 11 heteroatoms. The third-order valence-electron chi connectivity index (χ3n) is 5.56. The number of benzene rings is 1. The number of aryl methyl sites for hydroxylation is 2. The van der Waals surface area contributed by atoms with Crippen molar-refractivity contribution in [2.45, 2.75) is 12.7 Å². The Balaban J connectivity index is 1.54. The summed E-state index contributed by atoms with van der Waals surface area (Å²) in [7, 11) is 1.70. The minimum Gasteiger partial charge on any atom is -0.479 e. The number of nitrogens with zero attached hydrogens (tertiary/aromatic N) is 6. The number of rotatable bonds is 4. The van der Waals surface area contributed by atoms with Crippen molar-refractivity contribution in [2.75, 3.05) is 23.8 Å². The first-order valence-corrected chi connectivity index (χ1v) is 11.4. The van der Waals surface area contributed by atoms with E-state index in [0.717, 1.165) is 27.8 Å². The molecule has 5 rings (SSSR count). The second-order valence-corrected chi connectivity index (χ2v) is 9.62. The average Bonchev–Trinajstić information content (AvgIpc) is 3.25. The van der Waals surface area contributed by atoms with Gasteiger partial charge in [0.2, 0.25) is 15.9 Å². The summed E-state index contributed by atoms with van der Waals surface area (Å²) in [4.78, 5) is 18.1. The van der Waals surface area contributed by atoms with Crippen molar-refractivity contribution in [1.82, 2.24) is 24.5 Å². The van der Waals surface area contributed by atoms with Crippen LogP contribution in [0.25, 0.3) is 22.3 Å². The standard InChI is InChI=1S/C21H21N7O3S/c1-12-20(25-14-5-6-16-13(7-14)10-32(29,30)28(16)3)26-21(31-4)19(24-12)15-8-22-9-17-18(15)23-11-27(17)2/h5-9,11H,10H2,1-4H3,(H,25,26). The number of hydrogen-bond acceptors (Lipinski definition) is 8. The summed E-state index contributed by atoms with van der Waals surface area (Å²) in [5.41, 5.74) is 5.71. The van der Waals surface area contributed by atoms with Gasteiger partial charge < -0.3 is 14.6 Å². The highest BCUT2D eigenvalue weighted by molar-refractivity contribution is 7.92. The van der Waals surface area contributed by atoms with Crippen LogP contribution in [0.15, 0.2) is 36.9 Å². The fourth-order valence-electron chi connectivity index (χ4n) is 3.82. The Kier molecular flexibility index (Phi) is 4.52. The van der Waals surface area contributed by atoms with E-state index in [9.17, 15) is 8.42 Å². The van der Waals surface area contributed by atoms with Gasteiger partial charge in [-0.3, -0.25) is 9.29 Å². The SMILES string of the molecule is COc1nc(Nc2ccc3c(c2)CS(=O)(=O)N3C)c(C)nc1-c1cncc2c1ncn2C. The molecule has 164 valence electrons. The average molecular weight is 452 g/mol. The lowest BCUT2D eigenvalue weighted by atomic mass is 10.1. The Morgan fingerprint density at radius 2 is 1.97 bits per heavy atom. The van der Waals surface area contributed by atoms with Crippen LogP contribution in [0.2, 0.25) is 0 Å². The zero-order valence-electron chi connectivity index (χ0n) is 18.0. The van der Waals surface area contributed by atoms with Crippen LogP contribution in [0, 0.1) is 6.92 Å². The van der Waals surface area contributed by atoms with E-state index in [1.54, 1.807) is 31.8 Å². The Labute approximate surface area is 185 Å². The highest BCUT2D eigenvalue weighted by Crippen LogP contribution is 2.36. The van der Waals surface area contributed by atoms with E-state index >= 15 is 0 Å². The summed E-state index contributed by atoms with van der Waals surface area (Å²) >= 11 is 0. The van der Waals surface area contributed by atoms with Crippen molar-refractivity contribution < 1.29 is 13.2 Å². The molecule has 0 atom stereocenters. The number of imidazole rings is 1. The molecule has 0 radical (unpaired) electrons. The Morgan fingerprint density at radius 3 is 2.75 bits per heavy atom. The van der Waals surface area contributed by atoms with Gasteiger partial charge in [0.25, 0.3) is 0 Å². The van der Waals surface area contributed by atoms with Gasteiger partial charge in [0.1, 0.15) is 11.2 Å². The van der Waals surface area contributed by atoms with Crippen LogP contribution >= 0.6 is 0 Å². The van der Waals surface area contributed by atoms with Crippen molar-refractivity contribution in [3.8, 4) is 17.1 Å². The topological polar surface area (TPSA) is 115 Å². The minimum absolute atomic E-state index is 0.0254. The minimum atomic E-state index is -3.30. The molecule has 0 unspecified atom stereocenters. The number of nitrogens with one attached hydrogen (secondary N) is 1. The summed E-state index contributed by atoms with van der Waals surface area (Å²) in [5.74, 6) is 0.824. The van der Waals surface area contributed by atoms with Crippen LogP contribution < -0.4 is 14.4 Å². The monoisotopic (exact) mass is 451 g/mol. The first-order valence-electron chi connectivity index (χ1n) is 9.83. The lowest BCUT2D eigenvalue weighted by Crippen LogP contribution is -2.20. The molecule has 0 bridgehead atoms. The van der Waals surface area contributed by atoms with Gasteiger partial charge in [0, 0.05) is 26.0 Å². The molecule has 3 aromatic heterocycles. The first-order chi connectivity index (χ1) is 15.3. The van der Waals surface area contributed by atoms with E-state index in [1.807, 2.05) is 30.7 Å². The summed E-state index contributed by atoms with van der Waals surface area (Å²) in [6, 6.07) is 5.41. The fourth-order valence-corrected chi connectivity index (χ4v) is 5.12. The van der Waals surface area contributed by atoms with Gasteiger partial charge in [0.05, 0.1) is 47.8 Å². The maximum Gasteiger partial charge on any atom is 0.242 e. The van der Waals surface area contributed by atoms with Crippen molar-refractivity contribution in [3.05, 3.63) is 48.2 Å². The van der Waals surface area contributed by atoms with Gasteiger partial charge in [-0.2, -0.15) is 4.98 Å². The largest absolute Gasteiger partial charge is 0.479 e. The number of pyridine rings is 1. The molecule has 1 aromatic carbocycles. The molecule has 0 fully saturated rings. The Morgan fingerprint density at radius 1 is 1.16 bits per heavy atom. The number of aromatic nitrogens is 5. The molecular weight excluding hydrogens is 430 g/mol. The van der Waals surface area contributed by atoms with Crippen molar-refractivity contribution >= 4 is 38.2 Å². The molecule has 10 nitrogen and oxygen atoms in total. The van der Waals surface area contributed by atoms with Crippen LogP contribution in [0.3, 0.4) is 0 Å². The number of methoxy groups -OCH3 is 1. The van der Waals surface area contributed by atoms with E-state index in [-0.39, 0.29) is 5.75 Å². The first kappa shape index (κ1) is 20.2. The van der Waals surface area contributed by atoms with Gasteiger partial charge in [-0.15, -0.1) is 0 Å². The quantitative estimate of drug-likeness (QED) is 0.504. The van der Waals surface area contributed by atoms with Crippen LogP contribution in [0.4, 0.5) is 17.2 Å². The van der Waals surface area contributed by atoms with E-state index in [0.29, 0.717) is 28.8 Å². The summed E-state index contributed by atoms with van der Waals surface area (Å²) in [6.07, 6.45) is 5.18. The predicted octanol–water partition coefficient (Wildman–Crippen LogP) is 2.77. The predicted molar refractivity (Wildman–Crippen MR) is 122 cm³/mol. The molecule has 1 N–H and O–H groups in total. The van der Waals surface area contributed by atoms with Gasteiger partial charge >= 0.3 is 0 Å². The Hall–Kier alpha value is -3.73.